The summed E-state index contributed by atoms with van der Waals surface area (Å²) in [6, 6.07) is 4.92. The molecular weight excluding hydrogens is 192 g/mol. The van der Waals surface area contributed by atoms with E-state index in [1.165, 1.54) is 6.07 Å². The number of benzene rings is 1. The van der Waals surface area contributed by atoms with E-state index < -0.39 is 0 Å². The lowest BCUT2D eigenvalue weighted by Crippen LogP contribution is -2.31. The molecule has 1 heterocycles. The summed E-state index contributed by atoms with van der Waals surface area (Å²) in [5.41, 5.74) is 0.328. The number of Topliss-reactive ketones (excluding diaryl/α,β-unsaturated/α-hetero) is 1. The third kappa shape index (κ3) is 1.69. The van der Waals surface area contributed by atoms with Crippen molar-refractivity contribution in [3.05, 3.63) is 23.8 Å². The van der Waals surface area contributed by atoms with E-state index in [-0.39, 0.29) is 17.6 Å². The lowest BCUT2D eigenvalue weighted by molar-refractivity contribution is 0.0767. The minimum atomic E-state index is -0.0770. The largest absolute Gasteiger partial charge is 0.507 e. The maximum absolute atomic E-state index is 11.8. The van der Waals surface area contributed by atoms with Crippen LogP contribution < -0.4 is 4.74 Å². The Balaban J connectivity index is 2.41. The molecule has 2 rings (SSSR count). The molecule has 1 aliphatic rings. The Bertz CT molecular complexity index is 396. The average Bonchev–Trinajstić information content (AvgIpc) is 2.17. The number of rotatable bonds is 1. The maximum atomic E-state index is 11.8. The zero-order valence-corrected chi connectivity index (χ0v) is 8.86. The van der Waals surface area contributed by atoms with Gasteiger partial charge in [0.15, 0.2) is 5.78 Å². The molecule has 0 aliphatic carbocycles. The topological polar surface area (TPSA) is 46.5 Å². The van der Waals surface area contributed by atoms with Gasteiger partial charge in [-0.1, -0.05) is 19.9 Å². The number of carbonyl (C=O) groups excluding carboxylic acids is 1. The molecule has 15 heavy (non-hydrogen) atoms. The van der Waals surface area contributed by atoms with Crippen molar-refractivity contribution in [1.29, 1.82) is 0 Å². The molecule has 0 spiro atoms. The molecule has 1 unspecified atom stereocenters. The maximum Gasteiger partial charge on any atom is 0.174 e. The van der Waals surface area contributed by atoms with Gasteiger partial charge in [0.25, 0.3) is 0 Å². The van der Waals surface area contributed by atoms with Crippen molar-refractivity contribution in [2.24, 2.45) is 5.92 Å². The zero-order chi connectivity index (χ0) is 11.0. The van der Waals surface area contributed by atoms with Crippen molar-refractivity contribution < 1.29 is 14.6 Å². The zero-order valence-electron chi connectivity index (χ0n) is 8.86. The highest BCUT2D eigenvalue weighted by molar-refractivity contribution is 6.02. The van der Waals surface area contributed by atoms with Crippen LogP contribution in [0.5, 0.6) is 11.5 Å². The van der Waals surface area contributed by atoms with Crippen molar-refractivity contribution in [3.63, 3.8) is 0 Å². The number of hydrogen-bond donors (Lipinski definition) is 1. The summed E-state index contributed by atoms with van der Waals surface area (Å²) in [6.45, 7) is 4.04. The fourth-order valence-electron chi connectivity index (χ4n) is 1.76. The molecule has 0 radical (unpaired) electrons. The van der Waals surface area contributed by atoms with Crippen LogP contribution in [-0.4, -0.2) is 17.0 Å². The van der Waals surface area contributed by atoms with Crippen molar-refractivity contribution in [1.82, 2.24) is 0 Å². The Kier molecular flexibility index (Phi) is 2.39. The third-order valence-electron chi connectivity index (χ3n) is 2.69. The van der Waals surface area contributed by atoms with Crippen LogP contribution in [0.2, 0.25) is 0 Å². The van der Waals surface area contributed by atoms with Crippen LogP contribution in [0.1, 0.15) is 30.6 Å². The third-order valence-corrected chi connectivity index (χ3v) is 2.69. The highest BCUT2D eigenvalue weighted by atomic mass is 16.5. The molecule has 80 valence electrons. The van der Waals surface area contributed by atoms with Crippen LogP contribution in [0.25, 0.3) is 0 Å². The van der Waals surface area contributed by atoms with Gasteiger partial charge in [-0.25, -0.2) is 0 Å². The van der Waals surface area contributed by atoms with Gasteiger partial charge in [-0.3, -0.25) is 4.79 Å². The number of carbonyl (C=O) groups is 1. The number of phenolic OH excluding ortho intramolecular Hbond substituents is 1. The summed E-state index contributed by atoms with van der Waals surface area (Å²) in [6.07, 6.45) is 0.272. The van der Waals surface area contributed by atoms with E-state index in [2.05, 4.69) is 0 Å². The van der Waals surface area contributed by atoms with Gasteiger partial charge in [-0.2, -0.15) is 0 Å². The summed E-state index contributed by atoms with van der Waals surface area (Å²) < 4.78 is 5.66. The fourth-order valence-corrected chi connectivity index (χ4v) is 1.76. The Morgan fingerprint density at radius 2 is 2.20 bits per heavy atom. The van der Waals surface area contributed by atoms with Gasteiger partial charge < -0.3 is 9.84 Å². The van der Waals surface area contributed by atoms with E-state index >= 15 is 0 Å². The summed E-state index contributed by atoms with van der Waals surface area (Å²) in [4.78, 5) is 11.8. The standard InChI is InChI=1S/C12H14O3/c1-7(2)11-6-9(14)12-8(13)4-3-5-10(12)15-11/h3-5,7,11,13H,6H2,1-2H3. The Labute approximate surface area is 88.7 Å². The monoisotopic (exact) mass is 206 g/mol. The number of ether oxygens (including phenoxy) is 1. The number of phenols is 1. The van der Waals surface area contributed by atoms with Gasteiger partial charge in [0.05, 0.1) is 0 Å². The average molecular weight is 206 g/mol. The van der Waals surface area contributed by atoms with E-state index in [9.17, 15) is 9.90 Å². The van der Waals surface area contributed by atoms with E-state index in [0.29, 0.717) is 23.7 Å². The normalized spacial score (nSPS) is 19.9. The number of hydrogen-bond acceptors (Lipinski definition) is 3. The molecule has 1 atom stereocenters. The van der Waals surface area contributed by atoms with E-state index in [1.807, 2.05) is 13.8 Å². The summed E-state index contributed by atoms with van der Waals surface area (Å²) in [5, 5.41) is 9.55. The highest BCUT2D eigenvalue weighted by Crippen LogP contribution is 2.35. The molecule has 0 saturated heterocycles. The molecule has 3 nitrogen and oxygen atoms in total. The molecule has 0 bridgehead atoms. The SMILES string of the molecule is CC(C)C1CC(=O)c2c(O)cccc2O1. The van der Waals surface area contributed by atoms with Gasteiger partial charge in [-0.15, -0.1) is 0 Å². The molecule has 1 N–H and O–H groups in total. The van der Waals surface area contributed by atoms with Gasteiger partial charge in [0, 0.05) is 6.42 Å². The second-order valence-electron chi connectivity index (χ2n) is 4.18. The van der Waals surface area contributed by atoms with Crippen LogP contribution >= 0.6 is 0 Å². The number of aromatic hydroxyl groups is 1. The van der Waals surface area contributed by atoms with Crippen molar-refractivity contribution in [2.45, 2.75) is 26.4 Å². The highest BCUT2D eigenvalue weighted by Gasteiger charge is 2.30. The summed E-state index contributed by atoms with van der Waals surface area (Å²) >= 11 is 0. The molecule has 0 fully saturated rings. The first-order valence-electron chi connectivity index (χ1n) is 5.11. The molecular formula is C12H14O3. The molecule has 0 aromatic heterocycles. The summed E-state index contributed by atoms with van der Waals surface area (Å²) in [5.74, 6) is 0.780. The van der Waals surface area contributed by atoms with E-state index in [0.717, 1.165) is 0 Å². The lowest BCUT2D eigenvalue weighted by Gasteiger charge is -2.28. The number of fused-ring (bicyclic) bond motifs is 1. The minimum absolute atomic E-state index is 0.0136. The Morgan fingerprint density at radius 3 is 2.87 bits per heavy atom. The van der Waals surface area contributed by atoms with Gasteiger partial charge in [0.2, 0.25) is 0 Å². The Hall–Kier alpha value is -1.51. The fraction of sp³-hybridized carbons (Fsp3) is 0.417. The van der Waals surface area contributed by atoms with Crippen molar-refractivity contribution >= 4 is 5.78 Å². The first kappa shape index (κ1) is 10.0. The second-order valence-corrected chi connectivity index (χ2v) is 4.18. The molecule has 1 aliphatic heterocycles. The van der Waals surface area contributed by atoms with Crippen LogP contribution in [0.15, 0.2) is 18.2 Å². The second kappa shape index (κ2) is 3.57. The predicted molar refractivity (Wildman–Crippen MR) is 56.3 cm³/mol. The van der Waals surface area contributed by atoms with E-state index in [4.69, 9.17) is 4.74 Å². The quantitative estimate of drug-likeness (QED) is 0.767. The van der Waals surface area contributed by atoms with Crippen LogP contribution in [0, 0.1) is 5.92 Å². The van der Waals surface area contributed by atoms with Gasteiger partial charge >= 0.3 is 0 Å². The lowest BCUT2D eigenvalue weighted by atomic mass is 9.94. The summed E-state index contributed by atoms with van der Waals surface area (Å²) in [7, 11) is 0. The first-order chi connectivity index (χ1) is 7.09. The molecule has 3 heteroatoms. The molecule has 1 aromatic rings. The van der Waals surface area contributed by atoms with Crippen LogP contribution in [0.3, 0.4) is 0 Å². The van der Waals surface area contributed by atoms with Crippen molar-refractivity contribution in [3.8, 4) is 11.5 Å². The Morgan fingerprint density at radius 1 is 1.47 bits per heavy atom. The molecule has 0 amide bonds. The molecule has 1 aromatic carbocycles. The first-order valence-corrected chi connectivity index (χ1v) is 5.11. The smallest absolute Gasteiger partial charge is 0.174 e. The van der Waals surface area contributed by atoms with Crippen LogP contribution in [0.4, 0.5) is 0 Å². The predicted octanol–water partition coefficient (Wildman–Crippen LogP) is 2.38. The molecule has 0 saturated carbocycles. The number of ketones is 1. The van der Waals surface area contributed by atoms with Crippen LogP contribution in [-0.2, 0) is 0 Å². The van der Waals surface area contributed by atoms with Gasteiger partial charge in [-0.05, 0) is 18.1 Å². The van der Waals surface area contributed by atoms with E-state index in [1.54, 1.807) is 12.1 Å². The van der Waals surface area contributed by atoms with Crippen molar-refractivity contribution in [2.75, 3.05) is 0 Å². The minimum Gasteiger partial charge on any atom is -0.507 e. The van der Waals surface area contributed by atoms with Gasteiger partial charge in [0.1, 0.15) is 23.2 Å².